The lowest BCUT2D eigenvalue weighted by Crippen LogP contribution is -2.50. The average Bonchev–Trinajstić information content (AvgIpc) is 2.39. The first kappa shape index (κ1) is 18.2. The molecular formula is C14H32N4O. The van der Waals surface area contributed by atoms with E-state index in [9.17, 15) is 0 Å². The molecule has 0 saturated heterocycles. The third-order valence-electron chi connectivity index (χ3n) is 3.11. The van der Waals surface area contributed by atoms with Gasteiger partial charge in [-0.15, -0.1) is 0 Å². The molecule has 114 valence electrons. The third kappa shape index (κ3) is 7.38. The molecule has 3 N–H and O–H groups in total. The summed E-state index contributed by atoms with van der Waals surface area (Å²) >= 11 is 0. The maximum absolute atomic E-state index is 5.66. The average molecular weight is 272 g/mol. The summed E-state index contributed by atoms with van der Waals surface area (Å²) in [5, 5.41) is 0. The van der Waals surface area contributed by atoms with Gasteiger partial charge in [0.25, 0.3) is 0 Å². The van der Waals surface area contributed by atoms with Gasteiger partial charge in [-0.05, 0) is 25.2 Å². The molecule has 0 aliphatic rings. The van der Waals surface area contributed by atoms with Gasteiger partial charge >= 0.3 is 0 Å². The number of hydrazine groups is 1. The maximum atomic E-state index is 5.66. The largest absolute Gasteiger partial charge is 0.385 e. The van der Waals surface area contributed by atoms with Crippen molar-refractivity contribution in [1.29, 1.82) is 0 Å². The molecule has 0 unspecified atom stereocenters. The van der Waals surface area contributed by atoms with E-state index in [4.69, 9.17) is 10.6 Å². The lowest BCUT2D eigenvalue weighted by Gasteiger charge is -2.34. The minimum atomic E-state index is 0.486. The molecule has 0 aromatic heterocycles. The quantitative estimate of drug-likeness (QED) is 0.221. The first-order chi connectivity index (χ1) is 9.10. The highest BCUT2D eigenvalue weighted by molar-refractivity contribution is 5.79. The van der Waals surface area contributed by atoms with Gasteiger partial charge in [0.1, 0.15) is 0 Å². The molecule has 0 bridgehead atoms. The second-order valence-electron chi connectivity index (χ2n) is 5.21. The van der Waals surface area contributed by atoms with Crippen molar-refractivity contribution >= 4 is 5.96 Å². The van der Waals surface area contributed by atoms with Crippen LogP contribution in [-0.2, 0) is 4.74 Å². The highest BCUT2D eigenvalue weighted by Gasteiger charge is 2.19. The smallest absolute Gasteiger partial charge is 0.208 e. The molecule has 0 radical (unpaired) electrons. The van der Waals surface area contributed by atoms with Crippen LogP contribution in [0.1, 0.15) is 47.0 Å². The van der Waals surface area contributed by atoms with E-state index in [2.05, 4.69) is 43.0 Å². The Morgan fingerprint density at radius 3 is 2.37 bits per heavy atom. The third-order valence-corrected chi connectivity index (χ3v) is 3.11. The van der Waals surface area contributed by atoms with Crippen LogP contribution in [0.4, 0.5) is 0 Å². The normalized spacial score (nSPS) is 12.3. The van der Waals surface area contributed by atoms with Gasteiger partial charge in [-0.2, -0.15) is 0 Å². The zero-order valence-corrected chi connectivity index (χ0v) is 13.3. The van der Waals surface area contributed by atoms with E-state index in [0.717, 1.165) is 44.9 Å². The summed E-state index contributed by atoms with van der Waals surface area (Å²) in [6.07, 6.45) is 3.12. The molecule has 0 fully saturated rings. The van der Waals surface area contributed by atoms with Gasteiger partial charge in [0.15, 0.2) is 0 Å². The van der Waals surface area contributed by atoms with Gasteiger partial charge in [-0.3, -0.25) is 10.4 Å². The zero-order chi connectivity index (χ0) is 14.7. The number of hydrogen-bond acceptors (Lipinski definition) is 3. The first-order valence-corrected chi connectivity index (χ1v) is 7.37. The molecule has 0 aromatic rings. The van der Waals surface area contributed by atoms with E-state index >= 15 is 0 Å². The summed E-state index contributed by atoms with van der Waals surface area (Å²) in [5.41, 5.74) is 2.77. The number of rotatable bonds is 9. The molecular weight excluding hydrogens is 240 g/mol. The van der Waals surface area contributed by atoms with Crippen molar-refractivity contribution in [3.05, 3.63) is 0 Å². The molecule has 0 spiro atoms. The van der Waals surface area contributed by atoms with E-state index in [0.29, 0.717) is 12.0 Å². The monoisotopic (exact) mass is 272 g/mol. The molecule has 0 saturated carbocycles. The predicted octanol–water partition coefficient (Wildman–Crippen LogP) is 1.99. The Hall–Kier alpha value is -0.810. The number of nitrogens with zero attached hydrogens (tertiary/aromatic N) is 2. The van der Waals surface area contributed by atoms with Crippen molar-refractivity contribution in [2.45, 2.75) is 53.0 Å². The molecule has 0 heterocycles. The Balaban J connectivity index is 4.74. The summed E-state index contributed by atoms with van der Waals surface area (Å²) in [4.78, 5) is 6.88. The van der Waals surface area contributed by atoms with Crippen LogP contribution in [0.3, 0.4) is 0 Å². The zero-order valence-electron chi connectivity index (χ0n) is 13.3. The standard InChI is InChI=1S/C14H32N4O/c1-6-13(7-2)18(11-12(3)4)14(17-15)16-9-8-10-19-5/h12-13H,6-11,15H2,1-5H3,(H,16,17). The number of nitrogens with two attached hydrogens (primary N) is 1. The van der Waals surface area contributed by atoms with Crippen LogP contribution in [0.25, 0.3) is 0 Å². The molecule has 0 rings (SSSR count). The van der Waals surface area contributed by atoms with Crippen molar-refractivity contribution in [3.8, 4) is 0 Å². The van der Waals surface area contributed by atoms with Crippen molar-refractivity contribution in [1.82, 2.24) is 10.3 Å². The summed E-state index contributed by atoms with van der Waals surface area (Å²) in [6.45, 7) is 11.3. The molecule has 0 atom stereocenters. The molecule has 5 nitrogen and oxygen atoms in total. The Bertz CT molecular complexity index is 240. The van der Waals surface area contributed by atoms with Crippen LogP contribution in [-0.4, -0.2) is 43.7 Å². The van der Waals surface area contributed by atoms with E-state index in [1.165, 1.54) is 0 Å². The Labute approximate surface area is 118 Å². The van der Waals surface area contributed by atoms with Crippen molar-refractivity contribution < 1.29 is 4.74 Å². The van der Waals surface area contributed by atoms with Gasteiger partial charge in [0.05, 0.1) is 0 Å². The number of methoxy groups -OCH3 is 1. The van der Waals surface area contributed by atoms with Gasteiger partial charge in [0, 0.05) is 32.8 Å². The van der Waals surface area contributed by atoms with Gasteiger partial charge < -0.3 is 9.64 Å². The van der Waals surface area contributed by atoms with Crippen molar-refractivity contribution in [2.75, 3.05) is 26.8 Å². The van der Waals surface area contributed by atoms with Gasteiger partial charge in [-0.25, -0.2) is 5.84 Å². The number of hydrogen-bond donors (Lipinski definition) is 2. The SMILES string of the molecule is CCC(CC)N(CC(C)C)C(=NCCCOC)NN. The van der Waals surface area contributed by atoms with Crippen molar-refractivity contribution in [3.63, 3.8) is 0 Å². The molecule has 0 aromatic carbocycles. The first-order valence-electron chi connectivity index (χ1n) is 7.37. The fourth-order valence-electron chi connectivity index (χ4n) is 2.14. The highest BCUT2D eigenvalue weighted by atomic mass is 16.5. The summed E-state index contributed by atoms with van der Waals surface area (Å²) in [7, 11) is 1.71. The Kier molecular flexibility index (Phi) is 10.6. The fourth-order valence-corrected chi connectivity index (χ4v) is 2.14. The van der Waals surface area contributed by atoms with Crippen LogP contribution >= 0.6 is 0 Å². The van der Waals surface area contributed by atoms with Crippen LogP contribution < -0.4 is 11.3 Å². The number of ether oxygens (including phenoxy) is 1. The van der Waals surface area contributed by atoms with Gasteiger partial charge in [-0.1, -0.05) is 27.7 Å². The molecule has 5 heteroatoms. The van der Waals surface area contributed by atoms with Gasteiger partial charge in [0.2, 0.25) is 5.96 Å². The fraction of sp³-hybridized carbons (Fsp3) is 0.929. The Morgan fingerprint density at radius 2 is 1.95 bits per heavy atom. The summed E-state index contributed by atoms with van der Waals surface area (Å²) in [5.74, 6) is 7.04. The summed E-state index contributed by atoms with van der Waals surface area (Å²) < 4.78 is 5.04. The lowest BCUT2D eigenvalue weighted by atomic mass is 10.1. The predicted molar refractivity (Wildman–Crippen MR) is 82.0 cm³/mol. The molecule has 0 aliphatic heterocycles. The Morgan fingerprint density at radius 1 is 1.32 bits per heavy atom. The number of guanidine groups is 1. The minimum absolute atomic E-state index is 0.486. The topological polar surface area (TPSA) is 62.9 Å². The van der Waals surface area contributed by atoms with E-state index in [-0.39, 0.29) is 0 Å². The lowest BCUT2D eigenvalue weighted by molar-refractivity contribution is 0.196. The highest BCUT2D eigenvalue weighted by Crippen LogP contribution is 2.11. The molecule has 0 aliphatic carbocycles. The van der Waals surface area contributed by atoms with Crippen LogP contribution in [0.2, 0.25) is 0 Å². The maximum Gasteiger partial charge on any atom is 0.208 e. The summed E-state index contributed by atoms with van der Waals surface area (Å²) in [6, 6.07) is 0.486. The number of nitrogens with one attached hydrogen (secondary N) is 1. The minimum Gasteiger partial charge on any atom is -0.385 e. The molecule has 0 amide bonds. The van der Waals surface area contributed by atoms with Crippen LogP contribution in [0.15, 0.2) is 4.99 Å². The van der Waals surface area contributed by atoms with E-state index < -0.39 is 0 Å². The molecule has 19 heavy (non-hydrogen) atoms. The second-order valence-corrected chi connectivity index (χ2v) is 5.21. The van der Waals surface area contributed by atoms with E-state index in [1.54, 1.807) is 7.11 Å². The van der Waals surface area contributed by atoms with Crippen LogP contribution in [0.5, 0.6) is 0 Å². The number of aliphatic imine (C=N–C) groups is 1. The van der Waals surface area contributed by atoms with Crippen molar-refractivity contribution in [2.24, 2.45) is 16.8 Å². The van der Waals surface area contributed by atoms with E-state index in [1.807, 2.05) is 0 Å². The van der Waals surface area contributed by atoms with Crippen LogP contribution in [0, 0.1) is 5.92 Å². The second kappa shape index (κ2) is 11.1.